The number of anilines is 1. The molecule has 27 heavy (non-hydrogen) atoms. The summed E-state index contributed by atoms with van der Waals surface area (Å²) >= 11 is 0. The lowest BCUT2D eigenvalue weighted by Crippen LogP contribution is -2.16. The van der Waals surface area contributed by atoms with Crippen LogP contribution in [-0.2, 0) is 0 Å². The van der Waals surface area contributed by atoms with E-state index in [1.165, 1.54) is 26.4 Å². The number of methoxy groups -OCH3 is 2. The van der Waals surface area contributed by atoms with E-state index in [4.69, 9.17) is 9.47 Å². The first-order chi connectivity index (χ1) is 12.9. The molecule has 0 saturated carbocycles. The predicted molar refractivity (Wildman–Crippen MR) is 101 cm³/mol. The summed E-state index contributed by atoms with van der Waals surface area (Å²) in [5.41, 5.74) is 1.31. The summed E-state index contributed by atoms with van der Waals surface area (Å²) in [5, 5.41) is 16.4. The van der Waals surface area contributed by atoms with Gasteiger partial charge in [-0.05, 0) is 38.0 Å². The molecule has 8 nitrogen and oxygen atoms in total. The summed E-state index contributed by atoms with van der Waals surface area (Å²) in [6, 6.07) is 4.59. The molecule has 2 rings (SSSR count). The Hall–Kier alpha value is -3.03. The van der Waals surface area contributed by atoms with Crippen LogP contribution in [0.4, 0.5) is 5.69 Å². The van der Waals surface area contributed by atoms with Gasteiger partial charge in [0.25, 0.3) is 5.91 Å². The fourth-order valence-corrected chi connectivity index (χ4v) is 2.97. The Morgan fingerprint density at radius 2 is 1.85 bits per heavy atom. The van der Waals surface area contributed by atoms with Gasteiger partial charge in [0.1, 0.15) is 0 Å². The zero-order valence-corrected chi connectivity index (χ0v) is 16.2. The molecule has 0 bridgehead atoms. The molecule has 1 heterocycles. The largest absolute Gasteiger partial charge is 0.493 e. The predicted octanol–water partition coefficient (Wildman–Crippen LogP) is 3.52. The number of nitrogens with one attached hydrogen (secondary N) is 1. The first kappa shape index (κ1) is 20.3. The lowest BCUT2D eigenvalue weighted by Gasteiger charge is -2.15. The quantitative estimate of drug-likeness (QED) is 0.732. The van der Waals surface area contributed by atoms with E-state index < -0.39 is 11.9 Å². The van der Waals surface area contributed by atoms with Crippen LogP contribution >= 0.6 is 0 Å². The number of aryl methyl sites for hydroxylation is 1. The highest BCUT2D eigenvalue weighted by Gasteiger charge is 2.21. The number of carboxylic acids is 1. The number of carbonyl (C=O) groups excluding carboxylic acids is 1. The SMILES string of the molecule is CCC(CC)n1nc(C(=O)Nc2cc(C(=O)O)cc(OC)c2OC)cc1C. The average Bonchev–Trinajstić information content (AvgIpc) is 3.03. The summed E-state index contributed by atoms with van der Waals surface area (Å²) in [4.78, 5) is 24.0. The van der Waals surface area contributed by atoms with Crippen LogP contribution in [-0.4, -0.2) is 41.0 Å². The smallest absolute Gasteiger partial charge is 0.335 e. The van der Waals surface area contributed by atoms with E-state index in [1.807, 2.05) is 11.6 Å². The van der Waals surface area contributed by atoms with Crippen LogP contribution in [0, 0.1) is 6.92 Å². The molecular weight excluding hydrogens is 350 g/mol. The minimum Gasteiger partial charge on any atom is -0.493 e. The van der Waals surface area contributed by atoms with Crippen LogP contribution in [0.3, 0.4) is 0 Å². The van der Waals surface area contributed by atoms with E-state index in [0.29, 0.717) is 0 Å². The summed E-state index contributed by atoms with van der Waals surface area (Å²) in [7, 11) is 2.82. The van der Waals surface area contributed by atoms with Gasteiger partial charge in [-0.3, -0.25) is 9.48 Å². The highest BCUT2D eigenvalue weighted by atomic mass is 16.5. The first-order valence-electron chi connectivity index (χ1n) is 8.72. The number of nitrogens with zero attached hydrogens (tertiary/aromatic N) is 2. The Labute approximate surface area is 158 Å². The van der Waals surface area contributed by atoms with Gasteiger partial charge in [-0.1, -0.05) is 13.8 Å². The molecule has 146 valence electrons. The molecule has 0 radical (unpaired) electrons. The third-order valence-electron chi connectivity index (χ3n) is 4.42. The second-order valence-corrected chi connectivity index (χ2v) is 6.10. The molecule has 0 aliphatic carbocycles. The lowest BCUT2D eigenvalue weighted by molar-refractivity contribution is 0.0696. The molecule has 1 aromatic carbocycles. The average molecular weight is 375 g/mol. The Balaban J connectivity index is 2.39. The topological polar surface area (TPSA) is 103 Å². The molecule has 0 saturated heterocycles. The minimum atomic E-state index is -1.14. The standard InChI is InChI=1S/C19H25N3O5/c1-6-13(7-2)22-11(3)8-15(21-22)18(23)20-14-9-12(19(24)25)10-16(26-4)17(14)27-5/h8-10,13H,6-7H2,1-5H3,(H,20,23)(H,24,25). The number of ether oxygens (including phenoxy) is 2. The van der Waals surface area contributed by atoms with Crippen molar-refractivity contribution in [3.8, 4) is 11.5 Å². The monoisotopic (exact) mass is 375 g/mol. The zero-order chi connectivity index (χ0) is 20.1. The molecule has 1 amide bonds. The third-order valence-corrected chi connectivity index (χ3v) is 4.42. The van der Waals surface area contributed by atoms with Gasteiger partial charge in [0.2, 0.25) is 0 Å². The molecule has 8 heteroatoms. The van der Waals surface area contributed by atoms with Crippen molar-refractivity contribution in [3.63, 3.8) is 0 Å². The number of aromatic carboxylic acids is 1. The van der Waals surface area contributed by atoms with Crippen molar-refractivity contribution in [3.05, 3.63) is 35.2 Å². The van der Waals surface area contributed by atoms with Gasteiger partial charge >= 0.3 is 5.97 Å². The fraction of sp³-hybridized carbons (Fsp3) is 0.421. The van der Waals surface area contributed by atoms with Gasteiger partial charge < -0.3 is 19.9 Å². The maximum Gasteiger partial charge on any atom is 0.335 e. The van der Waals surface area contributed by atoms with Gasteiger partial charge in [-0.25, -0.2) is 4.79 Å². The Morgan fingerprint density at radius 1 is 1.19 bits per heavy atom. The number of rotatable bonds is 8. The maximum absolute atomic E-state index is 12.7. The molecule has 0 spiro atoms. The molecular formula is C19H25N3O5. The Bertz CT molecular complexity index is 840. The van der Waals surface area contributed by atoms with Crippen molar-refractivity contribution in [2.45, 2.75) is 39.7 Å². The van der Waals surface area contributed by atoms with Crippen LogP contribution in [0.2, 0.25) is 0 Å². The van der Waals surface area contributed by atoms with Crippen molar-refractivity contribution >= 4 is 17.6 Å². The molecule has 2 aromatic rings. The van der Waals surface area contributed by atoms with Crippen LogP contribution in [0.1, 0.15) is 59.3 Å². The Kier molecular flexibility index (Phi) is 6.44. The molecule has 1 aromatic heterocycles. The zero-order valence-electron chi connectivity index (χ0n) is 16.2. The number of hydrogen-bond donors (Lipinski definition) is 2. The Morgan fingerprint density at radius 3 is 2.37 bits per heavy atom. The van der Waals surface area contributed by atoms with Gasteiger partial charge in [-0.15, -0.1) is 0 Å². The maximum atomic E-state index is 12.7. The van der Waals surface area contributed by atoms with E-state index in [-0.39, 0.29) is 34.5 Å². The van der Waals surface area contributed by atoms with Gasteiger partial charge in [-0.2, -0.15) is 5.10 Å². The van der Waals surface area contributed by atoms with Crippen LogP contribution < -0.4 is 14.8 Å². The number of carbonyl (C=O) groups is 2. The number of aromatic nitrogens is 2. The third kappa shape index (κ3) is 4.21. The summed E-state index contributed by atoms with van der Waals surface area (Å²) in [5.74, 6) is -1.13. The normalized spacial score (nSPS) is 10.7. The van der Waals surface area contributed by atoms with Crippen molar-refractivity contribution < 1.29 is 24.2 Å². The number of benzene rings is 1. The fourth-order valence-electron chi connectivity index (χ4n) is 2.97. The van der Waals surface area contributed by atoms with Crippen molar-refractivity contribution in [2.75, 3.05) is 19.5 Å². The van der Waals surface area contributed by atoms with Crippen molar-refractivity contribution in [1.29, 1.82) is 0 Å². The molecule has 2 N–H and O–H groups in total. The highest BCUT2D eigenvalue weighted by molar-refractivity contribution is 6.05. The molecule has 0 aliphatic heterocycles. The van der Waals surface area contributed by atoms with E-state index in [1.54, 1.807) is 6.07 Å². The van der Waals surface area contributed by atoms with E-state index in [9.17, 15) is 14.7 Å². The van der Waals surface area contributed by atoms with E-state index in [2.05, 4.69) is 24.3 Å². The van der Waals surface area contributed by atoms with E-state index in [0.717, 1.165) is 18.5 Å². The van der Waals surface area contributed by atoms with Gasteiger partial charge in [0, 0.05) is 5.69 Å². The van der Waals surface area contributed by atoms with Crippen molar-refractivity contribution in [2.24, 2.45) is 0 Å². The summed E-state index contributed by atoms with van der Waals surface area (Å²) in [6.45, 7) is 6.05. The summed E-state index contributed by atoms with van der Waals surface area (Å²) in [6.07, 6.45) is 1.82. The number of hydrogen-bond acceptors (Lipinski definition) is 5. The highest BCUT2D eigenvalue weighted by Crippen LogP contribution is 2.37. The summed E-state index contributed by atoms with van der Waals surface area (Å²) < 4.78 is 12.3. The van der Waals surface area contributed by atoms with Gasteiger partial charge in [0.05, 0.1) is 31.5 Å². The second-order valence-electron chi connectivity index (χ2n) is 6.10. The number of amides is 1. The van der Waals surface area contributed by atoms with Gasteiger partial charge in [0.15, 0.2) is 17.2 Å². The van der Waals surface area contributed by atoms with Crippen LogP contribution in [0.5, 0.6) is 11.5 Å². The van der Waals surface area contributed by atoms with Crippen LogP contribution in [0.15, 0.2) is 18.2 Å². The molecule has 0 fully saturated rings. The first-order valence-corrected chi connectivity index (χ1v) is 8.72. The van der Waals surface area contributed by atoms with Crippen LogP contribution in [0.25, 0.3) is 0 Å². The molecule has 0 aliphatic rings. The molecule has 0 unspecified atom stereocenters. The van der Waals surface area contributed by atoms with E-state index >= 15 is 0 Å². The second kappa shape index (κ2) is 8.57. The van der Waals surface area contributed by atoms with Crippen molar-refractivity contribution in [1.82, 2.24) is 9.78 Å². The number of carboxylic acid groups (broad SMARTS) is 1. The molecule has 0 atom stereocenters. The minimum absolute atomic E-state index is 0.0262. The lowest BCUT2D eigenvalue weighted by atomic mass is 10.1.